The topological polar surface area (TPSA) is 52.7 Å². The van der Waals surface area contributed by atoms with Gasteiger partial charge in [-0.15, -0.1) is 11.8 Å². The first-order chi connectivity index (χ1) is 13.1. The Morgan fingerprint density at radius 1 is 1.15 bits per heavy atom. The van der Waals surface area contributed by atoms with Gasteiger partial charge in [0.2, 0.25) is 5.91 Å². The van der Waals surface area contributed by atoms with Crippen LogP contribution in [0, 0.1) is 5.82 Å². The van der Waals surface area contributed by atoms with Crippen LogP contribution < -0.4 is 5.32 Å². The number of nitrogens with one attached hydrogen (secondary N) is 1. The van der Waals surface area contributed by atoms with Crippen molar-refractivity contribution in [2.24, 2.45) is 0 Å². The molecule has 2 aromatic carbocycles. The third-order valence-corrected chi connectivity index (χ3v) is 5.28. The Morgan fingerprint density at radius 3 is 2.59 bits per heavy atom. The molecule has 3 rings (SSSR count). The summed E-state index contributed by atoms with van der Waals surface area (Å²) in [5.41, 5.74) is 1.63. The van der Waals surface area contributed by atoms with E-state index < -0.39 is 0 Å². The number of hydrogen-bond donors (Lipinski definition) is 1. The summed E-state index contributed by atoms with van der Waals surface area (Å²) in [6, 6.07) is 13.5. The average molecular weight is 387 g/mol. The smallest absolute Gasteiger partial charge is 0.322 e. The van der Waals surface area contributed by atoms with Crippen LogP contribution in [0.5, 0.6) is 0 Å². The highest BCUT2D eigenvalue weighted by atomic mass is 32.2. The number of nitrogens with zero attached hydrogens (tertiary/aromatic N) is 2. The van der Waals surface area contributed by atoms with Crippen molar-refractivity contribution in [1.29, 1.82) is 0 Å². The fraction of sp³-hybridized carbons (Fsp3) is 0.300. The van der Waals surface area contributed by atoms with Gasteiger partial charge in [-0.1, -0.05) is 31.2 Å². The molecule has 7 heteroatoms. The van der Waals surface area contributed by atoms with Crippen LogP contribution in [0.15, 0.2) is 53.4 Å². The molecule has 0 aromatic heterocycles. The maximum Gasteiger partial charge on any atom is 0.322 e. The highest BCUT2D eigenvalue weighted by Crippen LogP contribution is 2.27. The maximum atomic E-state index is 13.0. The van der Waals surface area contributed by atoms with Gasteiger partial charge in [-0.2, -0.15) is 0 Å². The molecule has 142 valence electrons. The average Bonchev–Trinajstić information content (AvgIpc) is 2.67. The number of piperazine rings is 1. The van der Waals surface area contributed by atoms with E-state index in [9.17, 15) is 14.0 Å². The van der Waals surface area contributed by atoms with E-state index in [0.29, 0.717) is 19.6 Å². The minimum atomic E-state index is -0.298. The summed E-state index contributed by atoms with van der Waals surface area (Å²) in [6.45, 7) is 3.43. The number of carbonyl (C=O) groups excluding carboxylic acids is 2. The molecule has 0 saturated carbocycles. The number of thioether (sulfide) groups is 1. The molecule has 1 heterocycles. The van der Waals surface area contributed by atoms with E-state index in [0.717, 1.165) is 21.9 Å². The van der Waals surface area contributed by atoms with E-state index in [-0.39, 0.29) is 24.3 Å². The largest absolute Gasteiger partial charge is 0.335 e. The van der Waals surface area contributed by atoms with Crippen LogP contribution in [0.4, 0.5) is 14.9 Å². The molecule has 1 aliphatic heterocycles. The third-order valence-electron chi connectivity index (χ3n) is 4.32. The van der Waals surface area contributed by atoms with Crippen LogP contribution in [0.25, 0.3) is 0 Å². The van der Waals surface area contributed by atoms with Gasteiger partial charge in [0.15, 0.2) is 0 Å². The molecule has 0 aliphatic carbocycles. The number of carbonyl (C=O) groups is 2. The summed E-state index contributed by atoms with van der Waals surface area (Å²) in [5, 5.41) is 2.91. The number of amides is 3. The van der Waals surface area contributed by atoms with Crippen molar-refractivity contribution in [2.75, 3.05) is 30.7 Å². The van der Waals surface area contributed by atoms with Gasteiger partial charge in [-0.3, -0.25) is 4.79 Å². The summed E-state index contributed by atoms with van der Waals surface area (Å²) < 4.78 is 13.0. The van der Waals surface area contributed by atoms with Crippen LogP contribution in [-0.4, -0.2) is 47.1 Å². The van der Waals surface area contributed by atoms with Gasteiger partial charge in [0.25, 0.3) is 0 Å². The maximum absolute atomic E-state index is 13.0. The number of benzene rings is 2. The standard InChI is InChI=1S/C20H22FN3O2S/c1-2-27-18-6-4-3-5-17(18)22-20(26)24-12-11-23(19(25)14-24)13-15-7-9-16(21)10-8-15/h3-10H,2,11-14H2,1H3,(H,22,26). The number of hydrogen-bond acceptors (Lipinski definition) is 3. The molecule has 2 aromatic rings. The molecule has 0 unspecified atom stereocenters. The van der Waals surface area contributed by atoms with Crippen molar-refractivity contribution in [3.63, 3.8) is 0 Å². The number of anilines is 1. The lowest BCUT2D eigenvalue weighted by Crippen LogP contribution is -2.52. The minimum absolute atomic E-state index is 0.0378. The summed E-state index contributed by atoms with van der Waals surface area (Å²) >= 11 is 1.66. The Hall–Kier alpha value is -2.54. The second kappa shape index (κ2) is 8.90. The summed E-state index contributed by atoms with van der Waals surface area (Å²) in [5.74, 6) is 0.498. The van der Waals surface area contributed by atoms with Crippen LogP contribution in [0.2, 0.25) is 0 Å². The van der Waals surface area contributed by atoms with Crippen molar-refractivity contribution in [2.45, 2.75) is 18.4 Å². The van der Waals surface area contributed by atoms with Crippen molar-refractivity contribution in [3.05, 3.63) is 59.9 Å². The summed E-state index contributed by atoms with van der Waals surface area (Å²) in [4.78, 5) is 29.2. The zero-order valence-electron chi connectivity index (χ0n) is 15.2. The number of urea groups is 1. The second-order valence-corrected chi connectivity index (χ2v) is 7.53. The van der Waals surface area contributed by atoms with Gasteiger partial charge in [-0.25, -0.2) is 9.18 Å². The molecule has 0 spiro atoms. The molecular weight excluding hydrogens is 365 g/mol. The first-order valence-electron chi connectivity index (χ1n) is 8.87. The van der Waals surface area contributed by atoms with Gasteiger partial charge in [-0.05, 0) is 35.6 Å². The fourth-order valence-corrected chi connectivity index (χ4v) is 3.67. The third kappa shape index (κ3) is 5.01. The van der Waals surface area contributed by atoms with Crippen LogP contribution in [0.3, 0.4) is 0 Å². The molecule has 1 fully saturated rings. The molecule has 0 bridgehead atoms. The van der Waals surface area contributed by atoms with Crippen molar-refractivity contribution < 1.29 is 14.0 Å². The molecule has 0 radical (unpaired) electrons. The summed E-state index contributed by atoms with van der Waals surface area (Å²) in [6.07, 6.45) is 0. The van der Waals surface area contributed by atoms with Crippen LogP contribution >= 0.6 is 11.8 Å². The van der Waals surface area contributed by atoms with Gasteiger partial charge in [0.1, 0.15) is 12.4 Å². The molecular formula is C20H22FN3O2S. The lowest BCUT2D eigenvalue weighted by Gasteiger charge is -2.34. The van der Waals surface area contributed by atoms with Crippen molar-refractivity contribution >= 4 is 29.4 Å². The molecule has 1 N–H and O–H groups in total. The van der Waals surface area contributed by atoms with Gasteiger partial charge >= 0.3 is 6.03 Å². The lowest BCUT2D eigenvalue weighted by atomic mass is 10.2. The highest BCUT2D eigenvalue weighted by molar-refractivity contribution is 7.99. The van der Waals surface area contributed by atoms with E-state index in [2.05, 4.69) is 12.2 Å². The van der Waals surface area contributed by atoms with Gasteiger partial charge in [0.05, 0.1) is 5.69 Å². The quantitative estimate of drug-likeness (QED) is 0.794. The summed E-state index contributed by atoms with van der Waals surface area (Å²) in [7, 11) is 0. The van der Waals surface area contributed by atoms with Gasteiger partial charge in [0, 0.05) is 24.5 Å². The predicted octanol–water partition coefficient (Wildman–Crippen LogP) is 3.81. The lowest BCUT2D eigenvalue weighted by molar-refractivity contribution is -0.135. The van der Waals surface area contributed by atoms with E-state index >= 15 is 0 Å². The zero-order chi connectivity index (χ0) is 19.2. The number of para-hydroxylation sites is 1. The van der Waals surface area contributed by atoms with E-state index in [1.165, 1.54) is 17.0 Å². The SMILES string of the molecule is CCSc1ccccc1NC(=O)N1CCN(Cc2ccc(F)cc2)C(=O)C1. The van der Waals surface area contributed by atoms with Crippen LogP contribution in [-0.2, 0) is 11.3 Å². The normalized spacial score (nSPS) is 14.4. The molecule has 27 heavy (non-hydrogen) atoms. The number of rotatable bonds is 5. The fourth-order valence-electron chi connectivity index (χ4n) is 2.90. The monoisotopic (exact) mass is 387 g/mol. The predicted molar refractivity (Wildman–Crippen MR) is 105 cm³/mol. The van der Waals surface area contributed by atoms with Crippen molar-refractivity contribution in [1.82, 2.24) is 9.80 Å². The Balaban J connectivity index is 1.58. The van der Waals surface area contributed by atoms with Crippen LogP contribution in [0.1, 0.15) is 12.5 Å². The minimum Gasteiger partial charge on any atom is -0.335 e. The first kappa shape index (κ1) is 19.2. The Labute approximate surface area is 162 Å². The van der Waals surface area contributed by atoms with Gasteiger partial charge < -0.3 is 15.1 Å². The van der Waals surface area contributed by atoms with Crippen molar-refractivity contribution in [3.8, 4) is 0 Å². The zero-order valence-corrected chi connectivity index (χ0v) is 16.0. The molecule has 0 atom stereocenters. The van der Waals surface area contributed by atoms with E-state index in [4.69, 9.17) is 0 Å². The van der Waals surface area contributed by atoms with E-state index in [1.807, 2.05) is 24.3 Å². The Bertz CT molecular complexity index is 813. The molecule has 1 aliphatic rings. The molecule has 1 saturated heterocycles. The van der Waals surface area contributed by atoms with E-state index in [1.54, 1.807) is 28.8 Å². The highest BCUT2D eigenvalue weighted by Gasteiger charge is 2.27. The molecule has 3 amide bonds. The first-order valence-corrected chi connectivity index (χ1v) is 9.85. The molecule has 5 nitrogen and oxygen atoms in total. The Morgan fingerprint density at radius 2 is 1.89 bits per heavy atom. The second-order valence-electron chi connectivity index (χ2n) is 6.22. The Kier molecular flexibility index (Phi) is 6.34. The number of halogens is 1.